The first-order chi connectivity index (χ1) is 9.11. The summed E-state index contributed by atoms with van der Waals surface area (Å²) in [5.41, 5.74) is 12.6. The number of hydrogen-bond acceptors (Lipinski definition) is 6. The topological polar surface area (TPSA) is 126 Å². The van der Waals surface area contributed by atoms with Gasteiger partial charge in [0.15, 0.2) is 5.16 Å². The number of nitrogens with two attached hydrogens (primary N) is 2. The molecule has 3 aromatic rings. The van der Waals surface area contributed by atoms with E-state index in [-0.39, 0.29) is 11.4 Å². The highest BCUT2D eigenvalue weighted by Gasteiger charge is 2.08. The number of benzene rings is 1. The minimum Gasteiger partial charge on any atom is -0.398 e. The number of aromatic nitrogens is 4. The third-order valence-electron chi connectivity index (χ3n) is 2.52. The van der Waals surface area contributed by atoms with Crippen LogP contribution in [0.2, 0.25) is 0 Å². The second-order valence-electron chi connectivity index (χ2n) is 3.92. The van der Waals surface area contributed by atoms with Crippen molar-refractivity contribution < 1.29 is 0 Å². The molecule has 1 aromatic carbocycles. The van der Waals surface area contributed by atoms with Crippen molar-refractivity contribution in [2.75, 3.05) is 11.5 Å². The monoisotopic (exact) mass is 274 g/mol. The fourth-order valence-corrected chi connectivity index (χ4v) is 2.55. The lowest BCUT2D eigenvalue weighted by molar-refractivity contribution is 0.945. The molecular weight excluding hydrogens is 264 g/mol. The molecule has 19 heavy (non-hydrogen) atoms. The highest BCUT2D eigenvalue weighted by Crippen LogP contribution is 2.32. The largest absolute Gasteiger partial charge is 0.398 e. The Balaban J connectivity index is 2.04. The number of nitrogens with one attached hydrogen (secondary N) is 2. The van der Waals surface area contributed by atoms with E-state index >= 15 is 0 Å². The first kappa shape index (κ1) is 11.6. The highest BCUT2D eigenvalue weighted by molar-refractivity contribution is 7.99. The van der Waals surface area contributed by atoms with Crippen molar-refractivity contribution in [1.29, 1.82) is 0 Å². The van der Waals surface area contributed by atoms with E-state index in [4.69, 9.17) is 11.5 Å². The van der Waals surface area contributed by atoms with Gasteiger partial charge in [-0.15, -0.1) is 0 Å². The lowest BCUT2D eigenvalue weighted by Gasteiger charge is -2.05. The van der Waals surface area contributed by atoms with Crippen LogP contribution in [0.1, 0.15) is 0 Å². The summed E-state index contributed by atoms with van der Waals surface area (Å²) in [5, 5.41) is 8.12. The Labute approximate surface area is 111 Å². The normalized spacial score (nSPS) is 10.9. The van der Waals surface area contributed by atoms with Crippen LogP contribution in [0.5, 0.6) is 0 Å². The van der Waals surface area contributed by atoms with Crippen molar-refractivity contribution in [3.05, 3.63) is 34.7 Å². The number of fused-ring (bicyclic) bond motifs is 1. The summed E-state index contributed by atoms with van der Waals surface area (Å²) in [6, 6.07) is 4.89. The molecule has 0 aliphatic heterocycles. The molecule has 0 atom stereocenters. The van der Waals surface area contributed by atoms with Crippen LogP contribution >= 0.6 is 11.8 Å². The van der Waals surface area contributed by atoms with Crippen LogP contribution in [0.15, 0.2) is 39.2 Å². The molecule has 2 heterocycles. The third kappa shape index (κ3) is 2.25. The van der Waals surface area contributed by atoms with Crippen LogP contribution in [0.4, 0.5) is 11.5 Å². The SMILES string of the molecule is Nc1cc(=O)[nH]c(Sc2cc3[nH]ncc3cc2N)n1. The summed E-state index contributed by atoms with van der Waals surface area (Å²) >= 11 is 1.24. The Morgan fingerprint density at radius 2 is 2.05 bits per heavy atom. The summed E-state index contributed by atoms with van der Waals surface area (Å²) in [4.78, 5) is 18.7. The van der Waals surface area contributed by atoms with E-state index < -0.39 is 0 Å². The van der Waals surface area contributed by atoms with Gasteiger partial charge >= 0.3 is 0 Å². The summed E-state index contributed by atoms with van der Waals surface area (Å²) in [6.07, 6.45) is 1.70. The maximum Gasteiger partial charge on any atom is 0.253 e. The predicted octanol–water partition coefficient (Wildman–Crippen LogP) is 0.962. The fraction of sp³-hybridized carbons (Fsp3) is 0. The van der Waals surface area contributed by atoms with E-state index in [1.165, 1.54) is 17.8 Å². The molecule has 6 N–H and O–H groups in total. The quantitative estimate of drug-likeness (QED) is 0.407. The molecule has 0 radical (unpaired) electrons. The maximum absolute atomic E-state index is 11.3. The first-order valence-electron chi connectivity index (χ1n) is 5.39. The molecular formula is C11H10N6OS. The molecule has 8 heteroatoms. The van der Waals surface area contributed by atoms with Gasteiger partial charge in [-0.3, -0.25) is 9.89 Å². The Hall–Kier alpha value is -2.48. The molecule has 0 aliphatic carbocycles. The fourth-order valence-electron chi connectivity index (χ4n) is 1.68. The smallest absolute Gasteiger partial charge is 0.253 e. The van der Waals surface area contributed by atoms with Crippen molar-refractivity contribution >= 4 is 34.2 Å². The zero-order valence-corrected chi connectivity index (χ0v) is 10.5. The molecule has 3 rings (SSSR count). The number of nitrogen functional groups attached to an aromatic ring is 2. The Morgan fingerprint density at radius 1 is 1.21 bits per heavy atom. The van der Waals surface area contributed by atoms with Crippen molar-refractivity contribution in [2.45, 2.75) is 10.1 Å². The van der Waals surface area contributed by atoms with E-state index in [0.29, 0.717) is 10.8 Å². The number of rotatable bonds is 2. The number of nitrogens with zero attached hydrogens (tertiary/aromatic N) is 2. The molecule has 0 saturated heterocycles. The summed E-state index contributed by atoms with van der Waals surface area (Å²) in [5.74, 6) is 0.174. The minimum absolute atomic E-state index is 0.174. The van der Waals surface area contributed by atoms with Gasteiger partial charge in [-0.25, -0.2) is 4.98 Å². The first-order valence-corrected chi connectivity index (χ1v) is 6.21. The molecule has 96 valence electrons. The molecule has 0 bridgehead atoms. The number of aromatic amines is 2. The van der Waals surface area contributed by atoms with Crippen molar-refractivity contribution in [1.82, 2.24) is 20.2 Å². The summed E-state index contributed by atoms with van der Waals surface area (Å²) in [6.45, 7) is 0. The molecule has 0 saturated carbocycles. The van der Waals surface area contributed by atoms with Gasteiger partial charge in [0.1, 0.15) is 5.82 Å². The maximum atomic E-state index is 11.3. The Kier molecular flexibility index (Phi) is 2.64. The van der Waals surface area contributed by atoms with E-state index in [1.807, 2.05) is 12.1 Å². The van der Waals surface area contributed by atoms with Gasteiger partial charge in [-0.1, -0.05) is 0 Å². The average Bonchev–Trinajstić information content (AvgIpc) is 2.75. The minimum atomic E-state index is -0.295. The Bertz CT molecular complexity index is 808. The van der Waals surface area contributed by atoms with Gasteiger partial charge in [0.2, 0.25) is 0 Å². The van der Waals surface area contributed by atoms with Crippen LogP contribution in [0, 0.1) is 0 Å². The molecule has 0 fully saturated rings. The van der Waals surface area contributed by atoms with Crippen molar-refractivity contribution in [3.8, 4) is 0 Å². The van der Waals surface area contributed by atoms with Gasteiger partial charge < -0.3 is 16.5 Å². The molecule has 7 nitrogen and oxygen atoms in total. The van der Waals surface area contributed by atoms with Gasteiger partial charge in [0.05, 0.1) is 11.7 Å². The van der Waals surface area contributed by atoms with Gasteiger partial charge in [-0.05, 0) is 23.9 Å². The summed E-state index contributed by atoms with van der Waals surface area (Å²) < 4.78 is 0. The van der Waals surface area contributed by atoms with E-state index in [9.17, 15) is 4.79 Å². The lowest BCUT2D eigenvalue weighted by atomic mass is 10.2. The second-order valence-corrected chi connectivity index (χ2v) is 4.96. The van der Waals surface area contributed by atoms with Crippen molar-refractivity contribution in [2.24, 2.45) is 0 Å². The van der Waals surface area contributed by atoms with E-state index in [2.05, 4.69) is 20.2 Å². The number of H-pyrrole nitrogens is 2. The van der Waals surface area contributed by atoms with Crippen LogP contribution in [-0.2, 0) is 0 Å². The van der Waals surface area contributed by atoms with Crippen LogP contribution in [0.3, 0.4) is 0 Å². The average molecular weight is 274 g/mol. The lowest BCUT2D eigenvalue weighted by Crippen LogP contribution is -2.09. The van der Waals surface area contributed by atoms with Crippen molar-refractivity contribution in [3.63, 3.8) is 0 Å². The van der Waals surface area contributed by atoms with Crippen LogP contribution in [0.25, 0.3) is 10.9 Å². The molecule has 0 unspecified atom stereocenters. The molecule has 2 aromatic heterocycles. The van der Waals surface area contributed by atoms with E-state index in [0.717, 1.165) is 15.8 Å². The zero-order chi connectivity index (χ0) is 13.4. The van der Waals surface area contributed by atoms with Gasteiger partial charge in [-0.2, -0.15) is 5.10 Å². The number of anilines is 2. The summed E-state index contributed by atoms with van der Waals surface area (Å²) in [7, 11) is 0. The second kappa shape index (κ2) is 4.32. The molecule has 0 spiro atoms. The zero-order valence-electron chi connectivity index (χ0n) is 9.68. The third-order valence-corrected chi connectivity index (χ3v) is 3.48. The molecule has 0 aliphatic rings. The standard InChI is InChI=1S/C11H10N6OS/c12-6-1-5-4-14-17-7(5)2-8(6)19-11-15-9(13)3-10(18)16-11/h1-4H,12H2,(H,14,17)(H3,13,15,16,18). The van der Waals surface area contributed by atoms with Crippen LogP contribution < -0.4 is 17.0 Å². The Morgan fingerprint density at radius 3 is 2.84 bits per heavy atom. The number of hydrogen-bond donors (Lipinski definition) is 4. The van der Waals surface area contributed by atoms with Crippen LogP contribution in [-0.4, -0.2) is 20.2 Å². The van der Waals surface area contributed by atoms with Gasteiger partial charge in [0.25, 0.3) is 5.56 Å². The van der Waals surface area contributed by atoms with E-state index in [1.54, 1.807) is 6.20 Å². The molecule has 0 amide bonds. The van der Waals surface area contributed by atoms with Gasteiger partial charge in [0, 0.05) is 22.0 Å². The predicted molar refractivity (Wildman–Crippen MR) is 73.9 cm³/mol. The highest BCUT2D eigenvalue weighted by atomic mass is 32.2.